The lowest BCUT2D eigenvalue weighted by molar-refractivity contribution is -0.137. The second-order valence-corrected chi connectivity index (χ2v) is 18.0. The SMILES string of the molecule is Cc1c(-c2cc3cc(NC(=O)OC4CC5(CCN(CC6CCN(c7ccc8c(c7F)C(C)N(C7CCC(=O)NC7=O)C8=O)CC6)CC5)C4)ncc3cc2F)cnc2c1NCCO2. The Hall–Kier alpha value is -5.90. The van der Waals surface area contributed by atoms with E-state index in [4.69, 9.17) is 9.47 Å². The van der Waals surface area contributed by atoms with Crippen LogP contribution in [-0.4, -0.2) is 102 Å². The number of rotatable bonds is 7. The summed E-state index contributed by atoms with van der Waals surface area (Å²) in [6.45, 7) is 9.23. The molecule has 16 heteroatoms. The van der Waals surface area contributed by atoms with Crippen LogP contribution >= 0.6 is 0 Å². The van der Waals surface area contributed by atoms with Gasteiger partial charge in [-0.05, 0) is 124 Å². The molecule has 7 heterocycles. The van der Waals surface area contributed by atoms with Crippen LogP contribution in [0, 0.1) is 29.9 Å². The molecule has 0 radical (unpaired) electrons. The van der Waals surface area contributed by atoms with Crippen LogP contribution in [0.1, 0.15) is 85.8 Å². The third-order valence-electron chi connectivity index (χ3n) is 14.3. The summed E-state index contributed by atoms with van der Waals surface area (Å²) in [5.41, 5.74) is 3.93. The van der Waals surface area contributed by atoms with E-state index in [1.807, 2.05) is 6.92 Å². The van der Waals surface area contributed by atoms with Gasteiger partial charge in [-0.3, -0.25) is 25.0 Å². The van der Waals surface area contributed by atoms with E-state index in [2.05, 4.69) is 35.7 Å². The largest absolute Gasteiger partial charge is 0.474 e. The van der Waals surface area contributed by atoms with Gasteiger partial charge in [0.15, 0.2) is 5.82 Å². The number of aromatic nitrogens is 2. The molecule has 5 aliphatic heterocycles. The molecule has 14 nitrogen and oxygen atoms in total. The van der Waals surface area contributed by atoms with Crippen LogP contribution in [0.25, 0.3) is 21.9 Å². The molecule has 324 valence electrons. The number of halogens is 2. The fourth-order valence-electron chi connectivity index (χ4n) is 10.8. The molecule has 4 amide bonds. The highest BCUT2D eigenvalue weighted by Gasteiger charge is 2.48. The third kappa shape index (κ3) is 7.25. The zero-order valence-corrected chi connectivity index (χ0v) is 34.9. The van der Waals surface area contributed by atoms with Crippen molar-refractivity contribution in [3.63, 3.8) is 0 Å². The summed E-state index contributed by atoms with van der Waals surface area (Å²) in [5, 5.41) is 9.71. The number of nitrogens with one attached hydrogen (secondary N) is 3. The molecule has 2 unspecified atom stereocenters. The van der Waals surface area contributed by atoms with Crippen molar-refractivity contribution >= 4 is 51.8 Å². The van der Waals surface area contributed by atoms with Crippen LogP contribution in [0.2, 0.25) is 0 Å². The van der Waals surface area contributed by atoms with Crippen molar-refractivity contribution in [3.8, 4) is 17.0 Å². The Balaban J connectivity index is 0.685. The number of ether oxygens (including phenoxy) is 2. The Kier molecular flexibility index (Phi) is 10.2. The van der Waals surface area contributed by atoms with Crippen LogP contribution in [0.4, 0.5) is 30.8 Å². The lowest BCUT2D eigenvalue weighted by Crippen LogP contribution is -2.53. The Morgan fingerprint density at radius 3 is 2.53 bits per heavy atom. The lowest BCUT2D eigenvalue weighted by atomic mass is 9.61. The molecule has 2 atom stereocenters. The first-order valence-corrected chi connectivity index (χ1v) is 21.8. The third-order valence-corrected chi connectivity index (χ3v) is 14.3. The maximum absolute atomic E-state index is 16.2. The molecule has 2 aromatic carbocycles. The maximum Gasteiger partial charge on any atom is 0.413 e. The van der Waals surface area contributed by atoms with E-state index < -0.39 is 35.7 Å². The van der Waals surface area contributed by atoms with Crippen molar-refractivity contribution in [1.29, 1.82) is 0 Å². The number of piperidine rings is 3. The molecule has 6 aliphatic rings. The number of likely N-dealkylation sites (tertiary alicyclic amines) is 1. The molecule has 0 bridgehead atoms. The molecule has 1 aliphatic carbocycles. The number of carbonyl (C=O) groups excluding carboxylic acids is 4. The van der Waals surface area contributed by atoms with Gasteiger partial charge < -0.3 is 29.5 Å². The van der Waals surface area contributed by atoms with Crippen LogP contribution < -0.4 is 25.6 Å². The monoisotopic (exact) mass is 848 g/mol. The van der Waals surface area contributed by atoms with Gasteiger partial charge in [0.1, 0.15) is 36.1 Å². The molecule has 62 heavy (non-hydrogen) atoms. The normalized spacial score (nSPS) is 22.7. The molecular formula is C46H50F2N8O6. The number of benzene rings is 2. The number of amides is 4. The van der Waals surface area contributed by atoms with Gasteiger partial charge >= 0.3 is 6.09 Å². The number of nitrogens with zero attached hydrogens (tertiary/aromatic N) is 5. The molecule has 1 saturated carbocycles. The van der Waals surface area contributed by atoms with Crippen LogP contribution in [0.5, 0.6) is 5.88 Å². The van der Waals surface area contributed by atoms with E-state index in [-0.39, 0.29) is 41.7 Å². The van der Waals surface area contributed by atoms with E-state index in [9.17, 15) is 19.2 Å². The molecular weight excluding hydrogens is 799 g/mol. The van der Waals surface area contributed by atoms with Gasteiger partial charge in [-0.25, -0.2) is 23.5 Å². The molecule has 3 N–H and O–H groups in total. The summed E-state index contributed by atoms with van der Waals surface area (Å²) in [7, 11) is 0. The number of imide groups is 1. The highest BCUT2D eigenvalue weighted by atomic mass is 19.1. The molecule has 3 saturated heterocycles. The van der Waals surface area contributed by atoms with Crippen LogP contribution in [-0.2, 0) is 14.3 Å². The first-order chi connectivity index (χ1) is 29.9. The van der Waals surface area contributed by atoms with E-state index in [1.165, 1.54) is 11.0 Å². The van der Waals surface area contributed by atoms with Crippen molar-refractivity contribution in [2.45, 2.75) is 83.4 Å². The number of hydrogen-bond donors (Lipinski definition) is 3. The number of hydrogen-bond acceptors (Lipinski definition) is 11. The van der Waals surface area contributed by atoms with Crippen molar-refractivity contribution in [2.75, 3.05) is 61.4 Å². The number of fused-ring (bicyclic) bond motifs is 3. The van der Waals surface area contributed by atoms with Gasteiger partial charge in [0, 0.05) is 72.6 Å². The Bertz CT molecular complexity index is 2500. The first kappa shape index (κ1) is 40.2. The van der Waals surface area contributed by atoms with Crippen molar-refractivity contribution in [1.82, 2.24) is 25.1 Å². The zero-order valence-electron chi connectivity index (χ0n) is 34.9. The predicted molar refractivity (Wildman–Crippen MR) is 227 cm³/mol. The van der Waals surface area contributed by atoms with Gasteiger partial charge in [-0.1, -0.05) is 0 Å². The van der Waals surface area contributed by atoms with Gasteiger partial charge in [0.25, 0.3) is 5.91 Å². The minimum absolute atomic E-state index is 0.145. The minimum atomic E-state index is -0.800. The Morgan fingerprint density at radius 2 is 1.76 bits per heavy atom. The average Bonchev–Trinajstić information content (AvgIpc) is 3.50. The summed E-state index contributed by atoms with van der Waals surface area (Å²) in [4.78, 5) is 65.4. The fraction of sp³-hybridized carbons (Fsp3) is 0.478. The highest BCUT2D eigenvalue weighted by molar-refractivity contribution is 6.06. The van der Waals surface area contributed by atoms with Gasteiger partial charge in [0.2, 0.25) is 17.7 Å². The number of anilines is 3. The smallest absolute Gasteiger partial charge is 0.413 e. The van der Waals surface area contributed by atoms with Gasteiger partial charge in [-0.2, -0.15) is 0 Å². The maximum atomic E-state index is 16.2. The minimum Gasteiger partial charge on any atom is -0.474 e. The molecule has 10 rings (SSSR count). The van der Waals surface area contributed by atoms with E-state index >= 15 is 8.78 Å². The summed E-state index contributed by atoms with van der Waals surface area (Å²) in [6, 6.07) is 6.87. The van der Waals surface area contributed by atoms with Gasteiger partial charge in [-0.15, -0.1) is 0 Å². The summed E-state index contributed by atoms with van der Waals surface area (Å²) >= 11 is 0. The Labute approximate surface area is 357 Å². The predicted octanol–water partition coefficient (Wildman–Crippen LogP) is 6.72. The quantitative estimate of drug-likeness (QED) is 0.170. The highest BCUT2D eigenvalue weighted by Crippen LogP contribution is 2.51. The van der Waals surface area contributed by atoms with E-state index in [0.717, 1.165) is 74.8 Å². The van der Waals surface area contributed by atoms with Crippen LogP contribution in [0.3, 0.4) is 0 Å². The molecule has 4 fully saturated rings. The molecule has 1 spiro atoms. The zero-order chi connectivity index (χ0) is 42.9. The fourth-order valence-corrected chi connectivity index (χ4v) is 10.8. The van der Waals surface area contributed by atoms with Gasteiger partial charge in [0.05, 0.1) is 11.7 Å². The number of carbonyl (C=O) groups is 4. The van der Waals surface area contributed by atoms with Crippen molar-refractivity contribution in [2.24, 2.45) is 11.3 Å². The molecule has 2 aromatic heterocycles. The molecule has 4 aromatic rings. The topological polar surface area (TPSA) is 158 Å². The van der Waals surface area contributed by atoms with Crippen molar-refractivity contribution in [3.05, 3.63) is 71.1 Å². The van der Waals surface area contributed by atoms with Crippen LogP contribution in [0.15, 0.2) is 42.7 Å². The first-order valence-electron chi connectivity index (χ1n) is 21.8. The lowest BCUT2D eigenvalue weighted by Gasteiger charge is -2.51. The summed E-state index contributed by atoms with van der Waals surface area (Å²) < 4.78 is 43.0. The summed E-state index contributed by atoms with van der Waals surface area (Å²) in [6.07, 6.45) is 8.45. The summed E-state index contributed by atoms with van der Waals surface area (Å²) in [5.74, 6) is -0.711. The second-order valence-electron chi connectivity index (χ2n) is 18.0. The van der Waals surface area contributed by atoms with Crippen molar-refractivity contribution < 1.29 is 37.4 Å². The average molecular weight is 849 g/mol. The van der Waals surface area contributed by atoms with E-state index in [1.54, 1.807) is 43.6 Å². The Morgan fingerprint density at radius 1 is 0.968 bits per heavy atom. The van der Waals surface area contributed by atoms with E-state index in [0.29, 0.717) is 71.6 Å². The standard InChI is InChI=1S/C46H50F2N8O6/c1-25-33(23-51-43-41(25)49-11-16-61-43)32-17-28-19-37(50-22-29(28)18-34(32)47)52-45(60)62-30-20-46(21-30)9-14-54(15-10-46)24-27-7-12-55(13-8-27)35-4-3-31-39(40(35)48)26(2)56(44(31)59)36-5-6-38(57)53-42(36)58/h3-4,17-19,22-23,26-27,30,36,49H,5-16,20-21,24H2,1-2H3,(H,50,52,60)(H,53,57,58). The number of pyridine rings is 2. The second kappa shape index (κ2) is 15.8.